The van der Waals surface area contributed by atoms with Crippen LogP contribution in [0.25, 0.3) is 43.2 Å². The van der Waals surface area contributed by atoms with Crippen molar-refractivity contribution in [1.29, 1.82) is 0 Å². The van der Waals surface area contributed by atoms with Gasteiger partial charge in [-0.15, -0.1) is 40.5 Å². The Bertz CT molecular complexity index is 1850. The fourth-order valence-electron chi connectivity index (χ4n) is 6.46. The number of carbonyl (C=O) groups excluding carboxylic acids is 1. The summed E-state index contributed by atoms with van der Waals surface area (Å²) < 4.78 is 1.41. The van der Waals surface area contributed by atoms with E-state index in [1.54, 1.807) is 0 Å². The van der Waals surface area contributed by atoms with Crippen molar-refractivity contribution in [2.45, 2.75) is 99.8 Å². The maximum absolute atomic E-state index is 11.7. The van der Waals surface area contributed by atoms with Crippen molar-refractivity contribution < 1.29 is 30.0 Å². The molecule has 2 aromatic heterocycles. The van der Waals surface area contributed by atoms with Crippen LogP contribution in [0, 0.1) is 23.8 Å². The Morgan fingerprint density at radius 3 is 2.18 bits per heavy atom. The first-order chi connectivity index (χ1) is 22.9. The minimum atomic E-state index is 0. The van der Waals surface area contributed by atoms with E-state index >= 15 is 0 Å². The molecule has 5 rings (SSSR count). The molecule has 0 aliphatic rings. The molecule has 1 radical (unpaired) electrons. The first kappa shape index (κ1) is 40.3. The zero-order valence-electron chi connectivity index (χ0n) is 30.8. The van der Waals surface area contributed by atoms with Crippen molar-refractivity contribution in [3.8, 4) is 22.4 Å². The summed E-state index contributed by atoms with van der Waals surface area (Å²) in [6.07, 6.45) is 7.95. The van der Waals surface area contributed by atoms with Gasteiger partial charge in [-0.2, -0.15) is 0 Å². The summed E-state index contributed by atoms with van der Waals surface area (Å²) in [6.45, 7) is 19.5. The van der Waals surface area contributed by atoms with E-state index < -0.39 is 0 Å². The summed E-state index contributed by atoms with van der Waals surface area (Å²) in [5.41, 5.74) is 7.36. The predicted octanol–water partition coefficient (Wildman–Crippen LogP) is 12.9. The smallest absolute Gasteiger partial charge is 0.162 e. The van der Waals surface area contributed by atoms with Gasteiger partial charge in [-0.3, -0.25) is 9.78 Å². The maximum atomic E-state index is 11.7. The van der Waals surface area contributed by atoms with Gasteiger partial charge in [0, 0.05) is 60.0 Å². The molecule has 0 saturated heterocycles. The number of ketones is 1. The summed E-state index contributed by atoms with van der Waals surface area (Å²) in [6, 6.07) is 25.6. The van der Waals surface area contributed by atoms with E-state index in [1.165, 1.54) is 43.8 Å². The van der Waals surface area contributed by atoms with E-state index in [1.807, 2.05) is 45.2 Å². The fourth-order valence-corrected chi connectivity index (χ4v) is 7.56. The van der Waals surface area contributed by atoms with E-state index in [4.69, 9.17) is 4.98 Å². The van der Waals surface area contributed by atoms with Crippen LogP contribution < -0.4 is 0 Å². The number of rotatable bonds is 11. The number of aliphatic hydroxyl groups excluding tert-OH is 1. The van der Waals surface area contributed by atoms with Crippen LogP contribution >= 0.6 is 11.3 Å². The molecule has 0 aliphatic carbocycles. The van der Waals surface area contributed by atoms with E-state index in [9.17, 15) is 9.90 Å². The molecule has 3 aromatic carbocycles. The molecular weight excluding hydrogens is 799 g/mol. The quantitative estimate of drug-likeness (QED) is 0.0818. The number of benzene rings is 3. The summed E-state index contributed by atoms with van der Waals surface area (Å²) in [7, 11) is 0. The van der Waals surface area contributed by atoms with Gasteiger partial charge >= 0.3 is 0 Å². The van der Waals surface area contributed by atoms with E-state index in [0.29, 0.717) is 5.92 Å². The second kappa shape index (κ2) is 18.2. The molecule has 263 valence electrons. The first-order valence-electron chi connectivity index (χ1n) is 17.8. The van der Waals surface area contributed by atoms with E-state index in [2.05, 4.69) is 107 Å². The van der Waals surface area contributed by atoms with Crippen molar-refractivity contribution in [1.82, 2.24) is 4.98 Å². The van der Waals surface area contributed by atoms with Crippen LogP contribution in [0.15, 0.2) is 84.1 Å². The van der Waals surface area contributed by atoms with E-state index in [-0.39, 0.29) is 48.9 Å². The van der Waals surface area contributed by atoms with Crippen molar-refractivity contribution in [2.24, 2.45) is 17.8 Å². The van der Waals surface area contributed by atoms with Crippen LogP contribution in [0.1, 0.15) is 99.1 Å². The van der Waals surface area contributed by atoms with Gasteiger partial charge in [0.25, 0.3) is 0 Å². The summed E-state index contributed by atoms with van der Waals surface area (Å²) >= 11 is 1.86. The fraction of sp³-hybridized carbons (Fsp3) is 0.409. The molecule has 0 unspecified atom stereocenters. The number of hydrogen-bond donors (Lipinski definition) is 1. The second-order valence-electron chi connectivity index (χ2n) is 14.4. The average Bonchev–Trinajstić information content (AvgIpc) is 3.50. The number of aromatic nitrogens is 1. The molecule has 0 atom stereocenters. The topological polar surface area (TPSA) is 50.2 Å². The molecule has 0 saturated carbocycles. The molecule has 49 heavy (non-hydrogen) atoms. The molecule has 0 aliphatic heterocycles. The van der Waals surface area contributed by atoms with Gasteiger partial charge in [0.05, 0.1) is 5.76 Å². The van der Waals surface area contributed by atoms with Gasteiger partial charge in [0.2, 0.25) is 0 Å². The van der Waals surface area contributed by atoms with Gasteiger partial charge in [0.1, 0.15) is 0 Å². The number of nitrogens with zero attached hydrogens (tertiary/aromatic N) is 1. The van der Waals surface area contributed by atoms with Crippen LogP contribution in [0.5, 0.6) is 0 Å². The van der Waals surface area contributed by atoms with Gasteiger partial charge in [-0.05, 0) is 71.6 Å². The Morgan fingerprint density at radius 2 is 1.55 bits per heavy atom. The number of thiophene rings is 1. The molecule has 5 heteroatoms. The molecule has 1 N–H and O–H groups in total. The van der Waals surface area contributed by atoms with Crippen LogP contribution in [-0.2, 0) is 36.7 Å². The SMILES string of the molecule is CC(C)Cc1cccc2c(-c3ccnc(-c4[c-]c5ccccc5c(C(C)(C)C)c4)c3)csc12.CCC(CC)C(=O)/C=C(\O)C(CC)CC.[Ir]. The number of aliphatic hydroxyl groups is 1. The number of allylic oxidation sites excluding steroid dienone is 2. The molecule has 0 bridgehead atoms. The third kappa shape index (κ3) is 10.00. The number of hydrogen-bond acceptors (Lipinski definition) is 4. The third-order valence-corrected chi connectivity index (χ3v) is 10.4. The van der Waals surface area contributed by atoms with Crippen LogP contribution in [0.4, 0.5) is 0 Å². The Morgan fingerprint density at radius 1 is 0.898 bits per heavy atom. The second-order valence-corrected chi connectivity index (χ2v) is 15.2. The third-order valence-electron chi connectivity index (χ3n) is 9.32. The minimum Gasteiger partial charge on any atom is -0.512 e. The number of pyridine rings is 1. The number of fused-ring (bicyclic) bond motifs is 2. The Balaban J connectivity index is 0.000000347. The molecule has 0 amide bonds. The Hall–Kier alpha value is -3.11. The van der Waals surface area contributed by atoms with Crippen LogP contribution in [0.3, 0.4) is 0 Å². The Kier molecular flexibility index (Phi) is 15.0. The summed E-state index contributed by atoms with van der Waals surface area (Å²) in [5, 5.41) is 15.8. The maximum Gasteiger partial charge on any atom is 0.162 e. The monoisotopic (exact) mass is 853 g/mol. The normalized spacial score (nSPS) is 12.0. The predicted molar refractivity (Wildman–Crippen MR) is 208 cm³/mol. The Labute approximate surface area is 312 Å². The van der Waals surface area contributed by atoms with Gasteiger partial charge in [-0.1, -0.05) is 116 Å². The first-order valence-corrected chi connectivity index (χ1v) is 18.6. The van der Waals surface area contributed by atoms with E-state index in [0.717, 1.165) is 48.7 Å². The van der Waals surface area contributed by atoms with Gasteiger partial charge in [-0.25, -0.2) is 0 Å². The van der Waals surface area contributed by atoms with Crippen molar-refractivity contribution in [3.63, 3.8) is 0 Å². The largest absolute Gasteiger partial charge is 0.512 e. The zero-order chi connectivity index (χ0) is 35.0. The molecule has 0 fully saturated rings. The summed E-state index contributed by atoms with van der Waals surface area (Å²) in [5.74, 6) is 1.19. The van der Waals surface area contributed by atoms with Crippen LogP contribution in [0.2, 0.25) is 0 Å². The zero-order valence-corrected chi connectivity index (χ0v) is 34.0. The minimum absolute atomic E-state index is 0. The van der Waals surface area contributed by atoms with Gasteiger partial charge in [0.15, 0.2) is 5.78 Å². The standard InChI is InChI=1S/C31H30NS.C13H24O2.Ir/c1-20(2)15-23-10-8-12-26-27(19-33-30(23)26)22-13-14-32-29(18-22)24-16-21-9-6-7-11-25(21)28(17-24)31(3,4)5;1-5-10(6-2)12(14)9-13(15)11(7-3)8-4;/h6-14,17-20H,15H2,1-5H3;9-11,14H,5-8H2,1-4H3;/q-1;;/b;12-9-;. The van der Waals surface area contributed by atoms with Crippen LogP contribution in [-0.4, -0.2) is 15.9 Å². The summed E-state index contributed by atoms with van der Waals surface area (Å²) in [4.78, 5) is 16.5. The number of carbonyl (C=O) groups is 1. The van der Waals surface area contributed by atoms with Gasteiger partial charge < -0.3 is 5.11 Å². The molecular formula is C44H54IrNO2S-. The van der Waals surface area contributed by atoms with Crippen molar-refractivity contribution in [3.05, 3.63) is 101 Å². The molecule has 3 nitrogen and oxygen atoms in total. The average molecular weight is 853 g/mol. The molecule has 0 spiro atoms. The molecule has 2 heterocycles. The van der Waals surface area contributed by atoms with Crippen molar-refractivity contribution >= 4 is 38.0 Å². The molecule has 5 aromatic rings. The van der Waals surface area contributed by atoms with Crippen molar-refractivity contribution in [2.75, 3.05) is 0 Å².